The summed E-state index contributed by atoms with van der Waals surface area (Å²) in [5.74, 6) is -0.625. The molecule has 0 spiro atoms. The SMILES string of the molecule is CC(=O)NCC1CN(c2ccc(-c3ccc(CNC4CCCNC4=O)cc3)c(F)c2)C(=O)O1. The molecular weight excluding hydrogens is 427 g/mol. The first kappa shape index (κ1) is 22.7. The van der Waals surface area contributed by atoms with E-state index in [4.69, 9.17) is 4.74 Å². The van der Waals surface area contributed by atoms with Crippen molar-refractivity contribution < 1.29 is 23.5 Å². The summed E-state index contributed by atoms with van der Waals surface area (Å²) >= 11 is 0. The molecule has 0 aliphatic carbocycles. The van der Waals surface area contributed by atoms with E-state index in [1.165, 1.54) is 17.9 Å². The molecule has 2 aliphatic heterocycles. The van der Waals surface area contributed by atoms with E-state index in [1.54, 1.807) is 12.1 Å². The van der Waals surface area contributed by atoms with E-state index >= 15 is 0 Å². The van der Waals surface area contributed by atoms with Gasteiger partial charge in [0.2, 0.25) is 11.8 Å². The minimum Gasteiger partial charge on any atom is -0.442 e. The van der Waals surface area contributed by atoms with Crippen LogP contribution in [0.4, 0.5) is 14.9 Å². The zero-order chi connectivity index (χ0) is 23.4. The zero-order valence-corrected chi connectivity index (χ0v) is 18.4. The second kappa shape index (κ2) is 9.99. The number of ether oxygens (including phenoxy) is 1. The minimum absolute atomic E-state index is 0.0309. The molecule has 2 unspecified atom stereocenters. The van der Waals surface area contributed by atoms with Crippen molar-refractivity contribution in [2.45, 2.75) is 38.5 Å². The molecule has 2 fully saturated rings. The summed E-state index contributed by atoms with van der Waals surface area (Å²) in [7, 11) is 0. The Hall–Kier alpha value is -3.46. The number of rotatable bonds is 7. The number of nitrogens with one attached hydrogen (secondary N) is 3. The van der Waals surface area contributed by atoms with Crippen molar-refractivity contribution in [3.8, 4) is 11.1 Å². The van der Waals surface area contributed by atoms with Gasteiger partial charge in [0, 0.05) is 25.6 Å². The highest BCUT2D eigenvalue weighted by atomic mass is 19.1. The summed E-state index contributed by atoms with van der Waals surface area (Å²) in [4.78, 5) is 36.4. The number of carbonyl (C=O) groups is 3. The molecular formula is C24H27FN4O4. The Labute approximate surface area is 191 Å². The van der Waals surface area contributed by atoms with E-state index in [1.807, 2.05) is 24.3 Å². The maximum atomic E-state index is 14.9. The van der Waals surface area contributed by atoms with Crippen LogP contribution in [-0.4, -0.2) is 49.7 Å². The van der Waals surface area contributed by atoms with Crippen molar-refractivity contribution in [3.05, 3.63) is 53.8 Å². The van der Waals surface area contributed by atoms with Gasteiger partial charge in [-0.05, 0) is 42.2 Å². The monoisotopic (exact) mass is 454 g/mol. The average Bonchev–Trinajstić information content (AvgIpc) is 3.18. The van der Waals surface area contributed by atoms with Gasteiger partial charge >= 0.3 is 6.09 Å². The molecule has 3 N–H and O–H groups in total. The summed E-state index contributed by atoms with van der Waals surface area (Å²) in [5.41, 5.74) is 2.54. The highest BCUT2D eigenvalue weighted by Crippen LogP contribution is 2.29. The molecule has 0 saturated carbocycles. The van der Waals surface area contributed by atoms with Crippen LogP contribution >= 0.6 is 0 Å². The van der Waals surface area contributed by atoms with Crippen LogP contribution in [-0.2, 0) is 20.9 Å². The normalized spacial score (nSPS) is 20.4. The average molecular weight is 455 g/mol. The third-order valence-electron chi connectivity index (χ3n) is 5.82. The molecule has 2 heterocycles. The molecule has 8 nitrogen and oxygen atoms in total. The van der Waals surface area contributed by atoms with Crippen molar-refractivity contribution in [1.29, 1.82) is 0 Å². The molecule has 3 amide bonds. The third kappa shape index (κ3) is 5.48. The Morgan fingerprint density at radius 3 is 2.70 bits per heavy atom. The van der Waals surface area contributed by atoms with Gasteiger partial charge in [-0.3, -0.25) is 14.5 Å². The standard InChI is InChI=1S/C24H27FN4O4/c1-15(30)27-13-19-14-29(24(32)33-19)18-8-9-20(21(25)11-18)17-6-4-16(5-7-17)12-28-22-3-2-10-26-23(22)31/h4-9,11,19,22,28H,2-3,10,12-14H2,1H3,(H,26,31)(H,27,30). The van der Waals surface area contributed by atoms with E-state index < -0.39 is 18.0 Å². The predicted octanol–water partition coefficient (Wildman–Crippen LogP) is 2.32. The number of cyclic esters (lactones) is 1. The second-order valence-electron chi connectivity index (χ2n) is 8.28. The molecule has 2 aromatic carbocycles. The summed E-state index contributed by atoms with van der Waals surface area (Å²) in [6.45, 7) is 3.12. The lowest BCUT2D eigenvalue weighted by Crippen LogP contribution is -2.47. The molecule has 174 valence electrons. The lowest BCUT2D eigenvalue weighted by molar-refractivity contribution is -0.124. The first-order valence-electron chi connectivity index (χ1n) is 11.0. The van der Waals surface area contributed by atoms with Gasteiger partial charge in [0.05, 0.1) is 24.8 Å². The fraction of sp³-hybridized carbons (Fsp3) is 0.375. The molecule has 2 atom stereocenters. The Balaban J connectivity index is 1.39. The highest BCUT2D eigenvalue weighted by molar-refractivity contribution is 5.90. The number of hydrogen-bond acceptors (Lipinski definition) is 5. The Bertz CT molecular complexity index is 1040. The summed E-state index contributed by atoms with van der Waals surface area (Å²) < 4.78 is 20.1. The van der Waals surface area contributed by atoms with Gasteiger partial charge in [0.15, 0.2) is 0 Å². The summed E-state index contributed by atoms with van der Waals surface area (Å²) in [6, 6.07) is 11.9. The van der Waals surface area contributed by atoms with Gasteiger partial charge in [0.25, 0.3) is 0 Å². The molecule has 0 aromatic heterocycles. The molecule has 9 heteroatoms. The Morgan fingerprint density at radius 1 is 1.21 bits per heavy atom. The molecule has 0 radical (unpaired) electrons. The molecule has 33 heavy (non-hydrogen) atoms. The maximum Gasteiger partial charge on any atom is 0.414 e. The number of hydrogen-bond donors (Lipinski definition) is 3. The van der Waals surface area contributed by atoms with E-state index in [-0.39, 0.29) is 30.9 Å². The molecule has 2 saturated heterocycles. The van der Waals surface area contributed by atoms with Gasteiger partial charge in [-0.1, -0.05) is 24.3 Å². The quantitative estimate of drug-likeness (QED) is 0.596. The fourth-order valence-electron chi connectivity index (χ4n) is 4.01. The number of anilines is 1. The number of nitrogens with zero attached hydrogens (tertiary/aromatic N) is 1. The van der Waals surface area contributed by atoms with Gasteiger partial charge in [0.1, 0.15) is 11.9 Å². The van der Waals surface area contributed by atoms with Crippen molar-refractivity contribution in [1.82, 2.24) is 16.0 Å². The Kier molecular flexibility index (Phi) is 6.88. The van der Waals surface area contributed by atoms with Crippen LogP contribution in [0, 0.1) is 5.82 Å². The first-order chi connectivity index (χ1) is 15.9. The van der Waals surface area contributed by atoms with Crippen LogP contribution in [0.25, 0.3) is 11.1 Å². The van der Waals surface area contributed by atoms with Crippen molar-refractivity contribution in [3.63, 3.8) is 0 Å². The maximum absolute atomic E-state index is 14.9. The van der Waals surface area contributed by atoms with Crippen LogP contribution in [0.1, 0.15) is 25.3 Å². The third-order valence-corrected chi connectivity index (χ3v) is 5.82. The lowest BCUT2D eigenvalue weighted by Gasteiger charge is -2.22. The van der Waals surface area contributed by atoms with Crippen LogP contribution in [0.3, 0.4) is 0 Å². The summed E-state index contributed by atoms with van der Waals surface area (Å²) in [5, 5.41) is 8.73. The van der Waals surface area contributed by atoms with Crippen LogP contribution in [0.15, 0.2) is 42.5 Å². The molecule has 4 rings (SSSR count). The molecule has 2 aromatic rings. The van der Waals surface area contributed by atoms with Gasteiger partial charge in [-0.15, -0.1) is 0 Å². The van der Waals surface area contributed by atoms with Crippen LogP contribution in [0.5, 0.6) is 0 Å². The Morgan fingerprint density at radius 2 is 2.00 bits per heavy atom. The number of benzene rings is 2. The fourth-order valence-corrected chi connectivity index (χ4v) is 4.01. The number of carbonyl (C=O) groups excluding carboxylic acids is 3. The van der Waals surface area contributed by atoms with Crippen molar-refractivity contribution in [2.75, 3.05) is 24.5 Å². The largest absolute Gasteiger partial charge is 0.442 e. The van der Waals surface area contributed by atoms with Crippen molar-refractivity contribution in [2.24, 2.45) is 0 Å². The van der Waals surface area contributed by atoms with Crippen LogP contribution in [0.2, 0.25) is 0 Å². The minimum atomic E-state index is -0.569. The number of amides is 3. The smallest absolute Gasteiger partial charge is 0.414 e. The zero-order valence-electron chi connectivity index (χ0n) is 18.4. The number of piperidine rings is 1. The van der Waals surface area contributed by atoms with Crippen LogP contribution < -0.4 is 20.9 Å². The lowest BCUT2D eigenvalue weighted by atomic mass is 10.0. The highest BCUT2D eigenvalue weighted by Gasteiger charge is 2.32. The van der Waals surface area contributed by atoms with Gasteiger partial charge in [-0.2, -0.15) is 0 Å². The number of halogens is 1. The summed E-state index contributed by atoms with van der Waals surface area (Å²) in [6.07, 6.45) is 0.730. The first-order valence-corrected chi connectivity index (χ1v) is 11.0. The second-order valence-corrected chi connectivity index (χ2v) is 8.28. The van der Waals surface area contributed by atoms with Gasteiger partial charge < -0.3 is 20.7 Å². The molecule has 0 bridgehead atoms. The van der Waals surface area contributed by atoms with E-state index in [2.05, 4.69) is 16.0 Å². The van der Waals surface area contributed by atoms with E-state index in [0.717, 1.165) is 24.9 Å². The van der Waals surface area contributed by atoms with Crippen molar-refractivity contribution >= 4 is 23.6 Å². The topological polar surface area (TPSA) is 99.8 Å². The predicted molar refractivity (Wildman–Crippen MR) is 121 cm³/mol. The van der Waals surface area contributed by atoms with E-state index in [0.29, 0.717) is 23.4 Å². The molecule has 2 aliphatic rings. The van der Waals surface area contributed by atoms with E-state index in [9.17, 15) is 18.8 Å². The van der Waals surface area contributed by atoms with Gasteiger partial charge in [-0.25, -0.2) is 9.18 Å².